The van der Waals surface area contributed by atoms with E-state index in [2.05, 4.69) is 0 Å². The van der Waals surface area contributed by atoms with Crippen LogP contribution in [0, 0.1) is 0 Å². The molecule has 1 unspecified atom stereocenters. The highest BCUT2D eigenvalue weighted by Gasteiger charge is 2.26. The quantitative estimate of drug-likeness (QED) is 0.721. The maximum Gasteiger partial charge on any atom is 0.223 e. The Morgan fingerprint density at radius 3 is 2.62 bits per heavy atom. The molecule has 152 valence electrons. The van der Waals surface area contributed by atoms with Gasteiger partial charge >= 0.3 is 0 Å². The number of carbonyl (C=O) groups is 3. The van der Waals surface area contributed by atoms with E-state index in [-0.39, 0.29) is 35.7 Å². The zero-order valence-corrected chi connectivity index (χ0v) is 17.0. The molecule has 0 saturated carbocycles. The van der Waals surface area contributed by atoms with Crippen molar-refractivity contribution in [3.05, 3.63) is 64.7 Å². The molecule has 2 aromatic rings. The molecule has 2 aromatic carbocycles. The Morgan fingerprint density at radius 2 is 1.90 bits per heavy atom. The summed E-state index contributed by atoms with van der Waals surface area (Å²) in [6, 6.07) is 12.6. The fourth-order valence-electron chi connectivity index (χ4n) is 4.06. The third-order valence-electron chi connectivity index (χ3n) is 5.46. The molecular weight excluding hydrogens is 366 g/mol. The van der Waals surface area contributed by atoms with Crippen LogP contribution in [-0.2, 0) is 22.6 Å². The van der Waals surface area contributed by atoms with E-state index < -0.39 is 0 Å². The van der Waals surface area contributed by atoms with E-state index in [9.17, 15) is 19.5 Å². The fourth-order valence-corrected chi connectivity index (χ4v) is 4.06. The molecule has 0 aromatic heterocycles. The SMILES string of the molecule is CC(=O)CN(Cc1cccc(C(C)=O)c1)C(=O)CC1CCCc2cc(O)ccc21. The Morgan fingerprint density at radius 1 is 1.10 bits per heavy atom. The molecule has 0 saturated heterocycles. The monoisotopic (exact) mass is 393 g/mol. The number of benzene rings is 2. The van der Waals surface area contributed by atoms with Gasteiger partial charge in [0, 0.05) is 18.5 Å². The van der Waals surface area contributed by atoms with Gasteiger partial charge in [-0.15, -0.1) is 0 Å². The third kappa shape index (κ3) is 5.31. The molecule has 0 aliphatic heterocycles. The molecule has 1 aliphatic rings. The molecule has 1 amide bonds. The third-order valence-corrected chi connectivity index (χ3v) is 5.46. The molecule has 0 bridgehead atoms. The Balaban J connectivity index is 1.77. The van der Waals surface area contributed by atoms with Crippen LogP contribution in [0.25, 0.3) is 0 Å². The average Bonchev–Trinajstić information content (AvgIpc) is 2.67. The highest BCUT2D eigenvalue weighted by Crippen LogP contribution is 2.36. The Kier molecular flexibility index (Phi) is 6.47. The number of hydrogen-bond donors (Lipinski definition) is 1. The minimum absolute atomic E-state index is 0.0293. The van der Waals surface area contributed by atoms with Crippen molar-refractivity contribution in [1.82, 2.24) is 4.90 Å². The molecule has 0 radical (unpaired) electrons. The molecule has 5 heteroatoms. The Hall–Kier alpha value is -2.95. The number of carbonyl (C=O) groups excluding carboxylic acids is 3. The lowest BCUT2D eigenvalue weighted by atomic mass is 9.80. The summed E-state index contributed by atoms with van der Waals surface area (Å²) in [6.45, 7) is 3.34. The number of phenols is 1. The van der Waals surface area contributed by atoms with Crippen LogP contribution >= 0.6 is 0 Å². The second kappa shape index (κ2) is 9.03. The van der Waals surface area contributed by atoms with Gasteiger partial charge in [0.05, 0.1) is 6.54 Å². The van der Waals surface area contributed by atoms with Crippen LogP contribution in [0.15, 0.2) is 42.5 Å². The van der Waals surface area contributed by atoms with Crippen LogP contribution in [-0.4, -0.2) is 34.0 Å². The van der Waals surface area contributed by atoms with Crippen molar-refractivity contribution in [2.45, 2.75) is 52.0 Å². The zero-order chi connectivity index (χ0) is 21.0. The number of rotatable bonds is 7. The van der Waals surface area contributed by atoms with Gasteiger partial charge in [0.25, 0.3) is 0 Å². The van der Waals surface area contributed by atoms with Gasteiger partial charge in [0.1, 0.15) is 11.5 Å². The van der Waals surface area contributed by atoms with Crippen LogP contribution in [0.3, 0.4) is 0 Å². The number of aromatic hydroxyl groups is 1. The van der Waals surface area contributed by atoms with E-state index in [1.165, 1.54) is 13.8 Å². The molecule has 5 nitrogen and oxygen atoms in total. The number of Topliss-reactive ketones (excluding diaryl/α,β-unsaturated/α-hetero) is 2. The predicted octanol–water partition coefficient (Wildman–Crippen LogP) is 4.02. The summed E-state index contributed by atoms with van der Waals surface area (Å²) in [5, 5.41) is 9.73. The largest absolute Gasteiger partial charge is 0.508 e. The number of ketones is 2. The molecule has 1 aliphatic carbocycles. The van der Waals surface area contributed by atoms with Gasteiger partial charge in [-0.25, -0.2) is 0 Å². The van der Waals surface area contributed by atoms with Crippen LogP contribution in [0.4, 0.5) is 0 Å². The molecular formula is C24H27NO4. The lowest BCUT2D eigenvalue weighted by molar-refractivity contribution is -0.135. The van der Waals surface area contributed by atoms with Gasteiger partial charge in [-0.1, -0.05) is 24.3 Å². The first-order chi connectivity index (χ1) is 13.8. The first-order valence-corrected chi connectivity index (χ1v) is 10.0. The van der Waals surface area contributed by atoms with E-state index in [0.717, 1.165) is 36.0 Å². The minimum Gasteiger partial charge on any atom is -0.508 e. The second-order valence-electron chi connectivity index (χ2n) is 7.88. The summed E-state index contributed by atoms with van der Waals surface area (Å²) in [6.07, 6.45) is 3.12. The van der Waals surface area contributed by atoms with Gasteiger partial charge in [-0.3, -0.25) is 14.4 Å². The first-order valence-electron chi connectivity index (χ1n) is 10.0. The van der Waals surface area contributed by atoms with Gasteiger partial charge in [-0.2, -0.15) is 0 Å². The second-order valence-corrected chi connectivity index (χ2v) is 7.88. The number of phenolic OH excluding ortho intramolecular Hbond substituents is 1. The average molecular weight is 393 g/mol. The molecule has 0 heterocycles. The highest BCUT2D eigenvalue weighted by atomic mass is 16.3. The van der Waals surface area contributed by atoms with Crippen molar-refractivity contribution in [3.63, 3.8) is 0 Å². The van der Waals surface area contributed by atoms with Crippen LogP contribution in [0.1, 0.15) is 66.1 Å². The summed E-state index contributed by atoms with van der Waals surface area (Å²) in [5.41, 5.74) is 3.64. The number of amides is 1. The topological polar surface area (TPSA) is 74.7 Å². The standard InChI is InChI=1S/C24H27NO4/c1-16(26)14-25(15-18-5-3-6-19(11-18)17(2)27)24(29)13-21-8-4-7-20-12-22(28)9-10-23(20)21/h3,5-6,9-12,21,28H,4,7-8,13-15H2,1-2H3. The zero-order valence-electron chi connectivity index (χ0n) is 17.0. The van der Waals surface area contributed by atoms with Crippen molar-refractivity contribution in [3.8, 4) is 5.75 Å². The molecule has 3 rings (SSSR count). The van der Waals surface area contributed by atoms with E-state index >= 15 is 0 Å². The summed E-state index contributed by atoms with van der Waals surface area (Å²) in [5.74, 6) is 0.164. The lowest BCUT2D eigenvalue weighted by Crippen LogP contribution is -2.35. The lowest BCUT2D eigenvalue weighted by Gasteiger charge is -2.28. The van der Waals surface area contributed by atoms with Crippen molar-refractivity contribution in [2.24, 2.45) is 0 Å². The molecule has 1 atom stereocenters. The molecule has 1 N–H and O–H groups in total. The summed E-state index contributed by atoms with van der Waals surface area (Å²) < 4.78 is 0. The van der Waals surface area contributed by atoms with Crippen LogP contribution in [0.5, 0.6) is 5.75 Å². The highest BCUT2D eigenvalue weighted by molar-refractivity contribution is 5.94. The van der Waals surface area contributed by atoms with Crippen molar-refractivity contribution < 1.29 is 19.5 Å². The maximum atomic E-state index is 13.1. The van der Waals surface area contributed by atoms with E-state index in [1.54, 1.807) is 35.2 Å². The van der Waals surface area contributed by atoms with Crippen LogP contribution in [0.2, 0.25) is 0 Å². The summed E-state index contributed by atoms with van der Waals surface area (Å²) in [7, 11) is 0. The molecule has 0 fully saturated rings. The van der Waals surface area contributed by atoms with Crippen molar-refractivity contribution in [2.75, 3.05) is 6.54 Å². The van der Waals surface area contributed by atoms with Gasteiger partial charge in [-0.05, 0) is 73.9 Å². The first kappa shape index (κ1) is 20.8. The van der Waals surface area contributed by atoms with Gasteiger partial charge in [0.15, 0.2) is 5.78 Å². The van der Waals surface area contributed by atoms with Gasteiger partial charge < -0.3 is 10.0 Å². The number of nitrogens with zero attached hydrogens (tertiary/aromatic N) is 1. The van der Waals surface area contributed by atoms with Gasteiger partial charge in [0.2, 0.25) is 5.91 Å². The Labute approximate surface area is 171 Å². The molecule has 29 heavy (non-hydrogen) atoms. The maximum absolute atomic E-state index is 13.1. The Bertz CT molecular complexity index is 934. The van der Waals surface area contributed by atoms with Crippen molar-refractivity contribution >= 4 is 17.5 Å². The summed E-state index contributed by atoms with van der Waals surface area (Å²) in [4.78, 5) is 38.1. The summed E-state index contributed by atoms with van der Waals surface area (Å²) >= 11 is 0. The molecule has 0 spiro atoms. The van der Waals surface area contributed by atoms with E-state index in [0.29, 0.717) is 18.5 Å². The normalized spacial score (nSPS) is 15.4. The predicted molar refractivity (Wildman–Crippen MR) is 111 cm³/mol. The number of fused-ring (bicyclic) bond motifs is 1. The minimum atomic E-state index is -0.0740. The number of aryl methyl sites for hydroxylation is 1. The van der Waals surface area contributed by atoms with Crippen LogP contribution < -0.4 is 0 Å². The smallest absolute Gasteiger partial charge is 0.223 e. The number of hydrogen-bond acceptors (Lipinski definition) is 4. The van der Waals surface area contributed by atoms with Crippen molar-refractivity contribution in [1.29, 1.82) is 0 Å². The fraction of sp³-hybridized carbons (Fsp3) is 0.375. The van der Waals surface area contributed by atoms with E-state index in [1.807, 2.05) is 12.1 Å². The van der Waals surface area contributed by atoms with E-state index in [4.69, 9.17) is 0 Å².